The van der Waals surface area contributed by atoms with Gasteiger partial charge < -0.3 is 4.74 Å². The lowest BCUT2D eigenvalue weighted by Crippen LogP contribution is -2.16. The van der Waals surface area contributed by atoms with E-state index < -0.39 is 46.4 Å². The zero-order valence-electron chi connectivity index (χ0n) is 15.2. The SMILES string of the molecule is CCC1CCC(c2cc(F)c(C(=O)Oc3cc(F)c(F)c(F)c3)c(F)c2)CC1. The molecular formula is C21H19F5O2. The Morgan fingerprint density at radius 3 is 1.93 bits per heavy atom. The second-order valence-corrected chi connectivity index (χ2v) is 7.08. The Labute approximate surface area is 159 Å². The molecule has 0 amide bonds. The van der Waals surface area contributed by atoms with Crippen molar-refractivity contribution in [3.8, 4) is 5.75 Å². The van der Waals surface area contributed by atoms with Crippen molar-refractivity contribution >= 4 is 5.97 Å². The zero-order valence-corrected chi connectivity index (χ0v) is 15.2. The molecule has 1 aliphatic carbocycles. The van der Waals surface area contributed by atoms with Gasteiger partial charge in [-0.25, -0.2) is 26.7 Å². The molecule has 0 N–H and O–H groups in total. The number of carbonyl (C=O) groups excluding carboxylic acids is 1. The van der Waals surface area contributed by atoms with Gasteiger partial charge in [-0.1, -0.05) is 13.3 Å². The lowest BCUT2D eigenvalue weighted by molar-refractivity contribution is 0.0723. The molecule has 7 heteroatoms. The molecule has 2 aromatic carbocycles. The first-order valence-corrected chi connectivity index (χ1v) is 9.15. The van der Waals surface area contributed by atoms with Gasteiger partial charge in [0.1, 0.15) is 22.9 Å². The van der Waals surface area contributed by atoms with Gasteiger partial charge in [0.2, 0.25) is 0 Å². The van der Waals surface area contributed by atoms with Crippen LogP contribution in [0.15, 0.2) is 24.3 Å². The van der Waals surface area contributed by atoms with Crippen LogP contribution in [0.5, 0.6) is 5.75 Å². The lowest BCUT2D eigenvalue weighted by Gasteiger charge is -2.28. The standard InChI is InChI=1S/C21H19F5O2/c1-2-11-3-5-12(6-4-11)13-7-15(22)19(16(23)8-13)21(27)28-14-9-17(24)20(26)18(25)10-14/h7-12H,2-6H2,1H3. The van der Waals surface area contributed by atoms with Gasteiger partial charge in [-0.2, -0.15) is 0 Å². The van der Waals surface area contributed by atoms with Crippen LogP contribution >= 0.6 is 0 Å². The van der Waals surface area contributed by atoms with Crippen molar-refractivity contribution in [1.82, 2.24) is 0 Å². The van der Waals surface area contributed by atoms with Gasteiger partial charge in [0.25, 0.3) is 0 Å². The van der Waals surface area contributed by atoms with Crippen LogP contribution in [0.3, 0.4) is 0 Å². The van der Waals surface area contributed by atoms with Crippen molar-refractivity contribution in [2.45, 2.75) is 44.9 Å². The predicted octanol–water partition coefficient (Wildman–Crippen LogP) is 6.29. The Balaban J connectivity index is 1.80. The Bertz CT molecular complexity index is 842. The summed E-state index contributed by atoms with van der Waals surface area (Å²) in [5.41, 5.74) is -0.490. The summed E-state index contributed by atoms with van der Waals surface area (Å²) in [5.74, 6) is -8.64. The van der Waals surface area contributed by atoms with Crippen LogP contribution in [0.4, 0.5) is 22.0 Å². The number of carbonyl (C=O) groups is 1. The number of rotatable bonds is 4. The first-order valence-electron chi connectivity index (χ1n) is 9.15. The van der Waals surface area contributed by atoms with Gasteiger partial charge in [-0.05, 0) is 55.2 Å². The predicted molar refractivity (Wildman–Crippen MR) is 92.6 cm³/mol. The first kappa shape index (κ1) is 20.3. The van der Waals surface area contributed by atoms with E-state index in [0.717, 1.165) is 44.2 Å². The van der Waals surface area contributed by atoms with Crippen LogP contribution in [-0.2, 0) is 0 Å². The van der Waals surface area contributed by atoms with Crippen LogP contribution in [0.1, 0.15) is 60.9 Å². The summed E-state index contributed by atoms with van der Waals surface area (Å²) >= 11 is 0. The third-order valence-corrected chi connectivity index (χ3v) is 5.33. The molecule has 0 heterocycles. The Morgan fingerprint density at radius 2 is 1.43 bits per heavy atom. The number of ether oxygens (including phenoxy) is 1. The Morgan fingerprint density at radius 1 is 0.893 bits per heavy atom. The highest BCUT2D eigenvalue weighted by atomic mass is 19.2. The highest BCUT2D eigenvalue weighted by molar-refractivity contribution is 5.91. The van der Waals surface area contributed by atoms with Gasteiger partial charge in [0.15, 0.2) is 17.5 Å². The number of hydrogen-bond donors (Lipinski definition) is 0. The number of esters is 1. The zero-order chi connectivity index (χ0) is 20.4. The Kier molecular flexibility index (Phi) is 6.01. The summed E-state index contributed by atoms with van der Waals surface area (Å²) < 4.78 is 72.9. The number of hydrogen-bond acceptors (Lipinski definition) is 2. The summed E-state index contributed by atoms with van der Waals surface area (Å²) in [4.78, 5) is 12.1. The monoisotopic (exact) mass is 398 g/mol. The van der Waals surface area contributed by atoms with E-state index in [4.69, 9.17) is 0 Å². The van der Waals surface area contributed by atoms with Crippen LogP contribution in [-0.4, -0.2) is 5.97 Å². The molecule has 1 saturated carbocycles. The van der Waals surface area contributed by atoms with Crippen LogP contribution in [0, 0.1) is 35.0 Å². The highest BCUT2D eigenvalue weighted by Crippen LogP contribution is 2.38. The van der Waals surface area contributed by atoms with Crippen molar-refractivity contribution in [2.75, 3.05) is 0 Å². The molecular weight excluding hydrogens is 379 g/mol. The second-order valence-electron chi connectivity index (χ2n) is 7.08. The largest absolute Gasteiger partial charge is 0.423 e. The van der Waals surface area contributed by atoms with E-state index in [2.05, 4.69) is 11.7 Å². The van der Waals surface area contributed by atoms with Gasteiger partial charge in [-0.3, -0.25) is 0 Å². The number of halogens is 5. The maximum absolute atomic E-state index is 14.4. The molecule has 0 radical (unpaired) electrons. The van der Waals surface area contributed by atoms with Crippen molar-refractivity contribution in [2.24, 2.45) is 5.92 Å². The van der Waals surface area contributed by atoms with Gasteiger partial charge in [0.05, 0.1) is 0 Å². The van der Waals surface area contributed by atoms with Crippen LogP contribution in [0.25, 0.3) is 0 Å². The van der Waals surface area contributed by atoms with E-state index in [-0.39, 0.29) is 5.92 Å². The molecule has 0 aliphatic heterocycles. The first-order chi connectivity index (χ1) is 13.3. The van der Waals surface area contributed by atoms with E-state index in [1.807, 2.05) is 0 Å². The average Bonchev–Trinajstić information content (AvgIpc) is 2.65. The lowest BCUT2D eigenvalue weighted by atomic mass is 9.77. The average molecular weight is 398 g/mol. The van der Waals surface area contributed by atoms with Crippen molar-refractivity contribution in [3.05, 3.63) is 64.5 Å². The summed E-state index contributed by atoms with van der Waals surface area (Å²) in [6.07, 6.45) is 4.67. The van der Waals surface area contributed by atoms with E-state index in [1.54, 1.807) is 0 Å². The molecule has 1 fully saturated rings. The van der Waals surface area contributed by atoms with Crippen molar-refractivity contribution < 1.29 is 31.5 Å². The summed E-state index contributed by atoms with van der Waals surface area (Å²) in [5, 5.41) is 0. The third-order valence-electron chi connectivity index (χ3n) is 5.33. The molecule has 2 nitrogen and oxygen atoms in total. The molecule has 28 heavy (non-hydrogen) atoms. The van der Waals surface area contributed by atoms with Gasteiger partial charge in [-0.15, -0.1) is 0 Å². The summed E-state index contributed by atoms with van der Waals surface area (Å²) in [7, 11) is 0. The molecule has 2 aromatic rings. The van der Waals surface area contributed by atoms with Gasteiger partial charge >= 0.3 is 5.97 Å². The quantitative estimate of drug-likeness (QED) is 0.262. The minimum absolute atomic E-state index is 0.0113. The molecule has 0 aromatic heterocycles. The second kappa shape index (κ2) is 8.29. The van der Waals surface area contributed by atoms with Crippen molar-refractivity contribution in [1.29, 1.82) is 0 Å². The molecule has 0 atom stereocenters. The molecule has 1 aliphatic rings. The topological polar surface area (TPSA) is 26.3 Å². The van der Waals surface area contributed by atoms with E-state index in [1.165, 1.54) is 0 Å². The van der Waals surface area contributed by atoms with Crippen LogP contribution in [0.2, 0.25) is 0 Å². The maximum Gasteiger partial charge on any atom is 0.349 e. The summed E-state index contributed by atoms with van der Waals surface area (Å²) in [6, 6.07) is 3.05. The van der Waals surface area contributed by atoms with E-state index in [9.17, 15) is 26.7 Å². The minimum atomic E-state index is -1.74. The van der Waals surface area contributed by atoms with Crippen LogP contribution < -0.4 is 4.74 Å². The molecule has 0 unspecified atom stereocenters. The summed E-state index contributed by atoms with van der Waals surface area (Å²) in [6.45, 7) is 2.11. The maximum atomic E-state index is 14.4. The molecule has 3 rings (SSSR count). The molecule has 150 valence electrons. The Hall–Kier alpha value is -2.44. The van der Waals surface area contributed by atoms with Crippen molar-refractivity contribution in [3.63, 3.8) is 0 Å². The fourth-order valence-corrected chi connectivity index (χ4v) is 3.68. The molecule has 0 saturated heterocycles. The minimum Gasteiger partial charge on any atom is -0.423 e. The van der Waals surface area contributed by atoms with Gasteiger partial charge in [0, 0.05) is 12.1 Å². The molecule has 0 spiro atoms. The molecule has 0 bridgehead atoms. The van der Waals surface area contributed by atoms with E-state index in [0.29, 0.717) is 23.6 Å². The highest BCUT2D eigenvalue weighted by Gasteiger charge is 2.26. The fraction of sp³-hybridized carbons (Fsp3) is 0.381. The smallest absolute Gasteiger partial charge is 0.349 e. The third kappa shape index (κ3) is 4.18. The number of benzene rings is 2. The normalized spacial score (nSPS) is 19.5. The fourth-order valence-electron chi connectivity index (χ4n) is 3.68. The van der Waals surface area contributed by atoms with E-state index >= 15 is 0 Å².